The number of allylic oxidation sites excluding steroid dienone is 1. The van der Waals surface area contributed by atoms with Crippen molar-refractivity contribution in [2.75, 3.05) is 5.32 Å². The minimum Gasteiger partial charge on any atom is -0.322 e. The van der Waals surface area contributed by atoms with E-state index in [2.05, 4.69) is 16.2 Å². The van der Waals surface area contributed by atoms with Crippen LogP contribution in [0.5, 0.6) is 0 Å². The molecule has 0 spiro atoms. The van der Waals surface area contributed by atoms with Gasteiger partial charge in [-0.3, -0.25) is 15.0 Å². The molecule has 0 bridgehead atoms. The third kappa shape index (κ3) is 5.50. The van der Waals surface area contributed by atoms with Crippen LogP contribution in [-0.2, 0) is 11.0 Å². The average molecular weight is 404 g/mol. The van der Waals surface area contributed by atoms with Crippen LogP contribution in [0.15, 0.2) is 47.5 Å². The van der Waals surface area contributed by atoms with Crippen molar-refractivity contribution in [2.45, 2.75) is 13.1 Å². The van der Waals surface area contributed by atoms with E-state index >= 15 is 0 Å². The molecular weight excluding hydrogens is 391 g/mol. The first kappa shape index (κ1) is 19.8. The fraction of sp³-hybridized carbons (Fsp3) is 0.125. The van der Waals surface area contributed by atoms with Crippen LogP contribution in [0.3, 0.4) is 0 Å². The van der Waals surface area contributed by atoms with Gasteiger partial charge in [0.05, 0.1) is 16.1 Å². The van der Waals surface area contributed by atoms with E-state index in [1.165, 1.54) is 24.3 Å². The van der Waals surface area contributed by atoms with Gasteiger partial charge < -0.3 is 10.7 Å². The van der Waals surface area contributed by atoms with Crippen molar-refractivity contribution in [1.82, 2.24) is 10.9 Å². The summed E-state index contributed by atoms with van der Waals surface area (Å²) >= 11 is 6.82. The van der Waals surface area contributed by atoms with Crippen molar-refractivity contribution < 1.29 is 22.8 Å². The Labute approximate surface area is 155 Å². The second-order valence-corrected chi connectivity index (χ2v) is 6.44. The van der Waals surface area contributed by atoms with E-state index in [0.717, 1.165) is 18.2 Å². The fourth-order valence-electron chi connectivity index (χ4n) is 1.89. The number of hydrogen-bond donors (Lipinski definition) is 3. The standard InChI is InChI=1S/C16H13ClF3N3O2S/c1-9(22-23-15(25)13-3-2-6-26-13)7-14(24)21-12-5-4-10(17)8-11(12)16(18,19)20/h2-8,22H,1H3,(H,21,24)(H,23,25)/b9-7-. The molecule has 138 valence electrons. The SMILES string of the molecule is C/C(=C/C(=O)Nc1ccc(Cl)cc1C(F)(F)F)NNC(=O)c1cccs1. The molecule has 0 saturated heterocycles. The van der Waals surface area contributed by atoms with Crippen molar-refractivity contribution in [1.29, 1.82) is 0 Å². The number of hydrogen-bond acceptors (Lipinski definition) is 4. The van der Waals surface area contributed by atoms with Gasteiger partial charge in [0.15, 0.2) is 0 Å². The van der Waals surface area contributed by atoms with Crippen LogP contribution in [-0.4, -0.2) is 11.8 Å². The van der Waals surface area contributed by atoms with Crippen molar-refractivity contribution >= 4 is 40.4 Å². The first-order chi connectivity index (χ1) is 12.2. The first-order valence-corrected chi connectivity index (χ1v) is 8.38. The number of carbonyl (C=O) groups excluding carboxylic acids is 2. The predicted octanol–water partition coefficient (Wildman–Crippen LogP) is 4.20. The van der Waals surface area contributed by atoms with E-state index in [1.807, 2.05) is 0 Å². The molecule has 1 aromatic heterocycles. The number of benzene rings is 1. The van der Waals surface area contributed by atoms with Gasteiger partial charge in [-0.05, 0) is 36.6 Å². The summed E-state index contributed by atoms with van der Waals surface area (Å²) in [5.41, 5.74) is 3.64. The van der Waals surface area contributed by atoms with Gasteiger partial charge in [-0.1, -0.05) is 17.7 Å². The molecule has 0 unspecified atom stereocenters. The smallest absolute Gasteiger partial charge is 0.322 e. The van der Waals surface area contributed by atoms with Crippen LogP contribution < -0.4 is 16.2 Å². The van der Waals surface area contributed by atoms with E-state index in [-0.39, 0.29) is 10.7 Å². The van der Waals surface area contributed by atoms with Crippen molar-refractivity contribution in [3.8, 4) is 0 Å². The monoisotopic (exact) mass is 403 g/mol. The Bertz CT molecular complexity index is 836. The molecule has 26 heavy (non-hydrogen) atoms. The van der Waals surface area contributed by atoms with Gasteiger partial charge in [0.25, 0.3) is 5.91 Å². The highest BCUT2D eigenvalue weighted by molar-refractivity contribution is 7.12. The summed E-state index contributed by atoms with van der Waals surface area (Å²) in [5, 5.41) is 3.78. The van der Waals surface area contributed by atoms with Gasteiger partial charge in [-0.15, -0.1) is 11.3 Å². The number of nitrogens with one attached hydrogen (secondary N) is 3. The lowest BCUT2D eigenvalue weighted by Gasteiger charge is -2.13. The van der Waals surface area contributed by atoms with E-state index in [1.54, 1.807) is 17.5 Å². The largest absolute Gasteiger partial charge is 0.418 e. The molecular formula is C16H13ClF3N3O2S. The van der Waals surface area contributed by atoms with Crippen LogP contribution in [0, 0.1) is 0 Å². The molecule has 0 aliphatic rings. The Kier molecular flexibility index (Phi) is 6.27. The second-order valence-electron chi connectivity index (χ2n) is 5.06. The van der Waals surface area contributed by atoms with Crippen LogP contribution in [0.4, 0.5) is 18.9 Å². The quantitative estimate of drug-likeness (QED) is 0.517. The van der Waals surface area contributed by atoms with Crippen LogP contribution in [0.1, 0.15) is 22.2 Å². The third-order valence-corrected chi connectivity index (χ3v) is 4.11. The van der Waals surface area contributed by atoms with E-state index in [0.29, 0.717) is 4.88 Å². The molecule has 2 rings (SSSR count). The van der Waals surface area contributed by atoms with Crippen molar-refractivity contribution in [3.05, 3.63) is 62.9 Å². The number of rotatable bonds is 5. The van der Waals surface area contributed by atoms with Crippen LogP contribution in [0.25, 0.3) is 0 Å². The molecule has 2 aromatic rings. The highest BCUT2D eigenvalue weighted by Crippen LogP contribution is 2.36. The Morgan fingerprint density at radius 1 is 1.19 bits per heavy atom. The van der Waals surface area contributed by atoms with Crippen molar-refractivity contribution in [3.63, 3.8) is 0 Å². The maximum atomic E-state index is 13.0. The molecule has 3 N–H and O–H groups in total. The van der Waals surface area contributed by atoms with E-state index in [4.69, 9.17) is 11.6 Å². The summed E-state index contributed by atoms with van der Waals surface area (Å²) in [6.07, 6.45) is -3.65. The second kappa shape index (κ2) is 8.24. The third-order valence-electron chi connectivity index (χ3n) is 3.01. The van der Waals surface area contributed by atoms with Gasteiger partial charge in [0.2, 0.25) is 5.91 Å². The molecule has 10 heteroatoms. The molecule has 0 fully saturated rings. The fourth-order valence-corrected chi connectivity index (χ4v) is 2.68. The number of alkyl halides is 3. The molecule has 0 aliphatic heterocycles. The molecule has 1 aromatic carbocycles. The number of halogens is 4. The van der Waals surface area contributed by atoms with Gasteiger partial charge in [0.1, 0.15) is 0 Å². The van der Waals surface area contributed by atoms with Crippen molar-refractivity contribution in [2.24, 2.45) is 0 Å². The van der Waals surface area contributed by atoms with E-state index in [9.17, 15) is 22.8 Å². The van der Waals surface area contributed by atoms with Gasteiger partial charge >= 0.3 is 6.18 Å². The zero-order chi connectivity index (χ0) is 19.3. The Morgan fingerprint density at radius 2 is 1.92 bits per heavy atom. The van der Waals surface area contributed by atoms with E-state index < -0.39 is 29.2 Å². The highest BCUT2D eigenvalue weighted by Gasteiger charge is 2.34. The lowest BCUT2D eigenvalue weighted by molar-refractivity contribution is -0.136. The minimum absolute atomic E-state index is 0.0972. The average Bonchev–Trinajstić information content (AvgIpc) is 3.07. The Morgan fingerprint density at radius 3 is 2.54 bits per heavy atom. The molecule has 0 aliphatic carbocycles. The van der Waals surface area contributed by atoms with Gasteiger partial charge in [-0.25, -0.2) is 0 Å². The number of anilines is 1. The maximum absolute atomic E-state index is 13.0. The summed E-state index contributed by atoms with van der Waals surface area (Å²) in [6, 6.07) is 6.36. The first-order valence-electron chi connectivity index (χ1n) is 7.12. The summed E-state index contributed by atoms with van der Waals surface area (Å²) < 4.78 is 39.0. The lowest BCUT2D eigenvalue weighted by Crippen LogP contribution is -2.36. The zero-order valence-electron chi connectivity index (χ0n) is 13.3. The predicted molar refractivity (Wildman–Crippen MR) is 93.8 cm³/mol. The summed E-state index contributed by atoms with van der Waals surface area (Å²) in [7, 11) is 0. The molecule has 0 saturated carbocycles. The maximum Gasteiger partial charge on any atom is 0.418 e. The number of carbonyl (C=O) groups is 2. The Hall–Kier alpha value is -2.52. The molecule has 1 heterocycles. The van der Waals surface area contributed by atoms with Gasteiger partial charge in [-0.2, -0.15) is 13.2 Å². The number of thiophene rings is 1. The number of hydrazine groups is 1. The summed E-state index contributed by atoms with van der Waals surface area (Å²) in [4.78, 5) is 24.1. The molecule has 5 nitrogen and oxygen atoms in total. The minimum atomic E-state index is -4.67. The summed E-state index contributed by atoms with van der Waals surface area (Å²) in [5.74, 6) is -1.20. The van der Waals surface area contributed by atoms with Crippen LogP contribution >= 0.6 is 22.9 Å². The lowest BCUT2D eigenvalue weighted by atomic mass is 10.1. The molecule has 0 radical (unpaired) electrons. The molecule has 2 amide bonds. The topological polar surface area (TPSA) is 70.2 Å². The van der Waals surface area contributed by atoms with Crippen LogP contribution in [0.2, 0.25) is 5.02 Å². The normalized spacial score (nSPS) is 11.8. The zero-order valence-corrected chi connectivity index (χ0v) is 14.9. The number of amides is 2. The Balaban J connectivity index is 2.01. The molecule has 0 atom stereocenters. The van der Waals surface area contributed by atoms with Gasteiger partial charge in [0, 0.05) is 16.8 Å². The summed E-state index contributed by atoms with van der Waals surface area (Å²) in [6.45, 7) is 1.47. The highest BCUT2D eigenvalue weighted by atomic mass is 35.5.